The number of alkyl halides is 1. The Labute approximate surface area is 228 Å². The summed E-state index contributed by atoms with van der Waals surface area (Å²) in [6.07, 6.45) is 9.83. The molecule has 0 spiro atoms. The van der Waals surface area contributed by atoms with Gasteiger partial charge in [-0.25, -0.2) is 0 Å². The number of piperidine rings is 1. The molecular weight excluding hydrogens is 555 g/mol. The summed E-state index contributed by atoms with van der Waals surface area (Å²) in [6.45, 7) is 16.9. The lowest BCUT2D eigenvalue weighted by molar-refractivity contribution is -0.153. The fourth-order valence-corrected chi connectivity index (χ4v) is 5.82. The highest BCUT2D eigenvalue weighted by Crippen LogP contribution is 2.31. The third-order valence-electron chi connectivity index (χ3n) is 6.23. The van der Waals surface area contributed by atoms with Crippen LogP contribution in [0.3, 0.4) is 0 Å². The van der Waals surface area contributed by atoms with E-state index in [2.05, 4.69) is 69.5 Å². The van der Waals surface area contributed by atoms with Crippen molar-refractivity contribution < 1.29 is 19.1 Å². The summed E-state index contributed by atoms with van der Waals surface area (Å²) >= 11 is 2.40. The van der Waals surface area contributed by atoms with Crippen molar-refractivity contribution in [2.75, 3.05) is 0 Å². The Balaban J connectivity index is 2.17. The summed E-state index contributed by atoms with van der Waals surface area (Å²) in [5.74, 6) is -0.192. The van der Waals surface area contributed by atoms with Gasteiger partial charge >= 0.3 is 11.9 Å². The zero-order valence-electron chi connectivity index (χ0n) is 23.7. The lowest BCUT2D eigenvalue weighted by Crippen LogP contribution is -2.59. The average molecular weight is 609 g/mol. The molecule has 0 radical (unpaired) electrons. The van der Waals surface area contributed by atoms with Gasteiger partial charge in [-0.3, -0.25) is 9.59 Å². The Bertz CT molecular complexity index is 633. The van der Waals surface area contributed by atoms with Gasteiger partial charge in [0.2, 0.25) is 0 Å². The summed E-state index contributed by atoms with van der Waals surface area (Å²) < 4.78 is 11.6. The molecule has 1 atom stereocenters. The molecule has 1 aliphatic rings. The Morgan fingerprint density at radius 2 is 1.34 bits per heavy atom. The number of halogens is 1. The highest BCUT2D eigenvalue weighted by molar-refractivity contribution is 14.1. The van der Waals surface area contributed by atoms with Crippen molar-refractivity contribution in [3.8, 4) is 0 Å². The van der Waals surface area contributed by atoms with Gasteiger partial charge in [-0.15, -0.1) is 0 Å². The first kappa shape index (κ1) is 32.6. The van der Waals surface area contributed by atoms with Crippen LogP contribution in [0.5, 0.6) is 0 Å². The van der Waals surface area contributed by atoms with Crippen LogP contribution in [0.25, 0.3) is 0 Å². The highest BCUT2D eigenvalue weighted by atomic mass is 127. The molecule has 1 saturated heterocycles. The lowest BCUT2D eigenvalue weighted by atomic mass is 9.81. The summed E-state index contributed by atoms with van der Waals surface area (Å²) in [4.78, 5) is 24.7. The van der Waals surface area contributed by atoms with E-state index in [-0.39, 0.29) is 44.2 Å². The van der Waals surface area contributed by atoms with Crippen molar-refractivity contribution in [1.29, 1.82) is 0 Å². The van der Waals surface area contributed by atoms with E-state index in [0.29, 0.717) is 19.3 Å². The Kier molecular flexibility index (Phi) is 13.0. The van der Waals surface area contributed by atoms with Crippen molar-refractivity contribution in [2.24, 2.45) is 5.73 Å². The first-order valence-corrected chi connectivity index (χ1v) is 14.6. The van der Waals surface area contributed by atoms with Gasteiger partial charge in [0.05, 0.1) is 0 Å². The van der Waals surface area contributed by atoms with Crippen LogP contribution in [0.15, 0.2) is 0 Å². The fraction of sp³-hybridized carbons (Fsp3) is 0.929. The minimum Gasteiger partial charge on any atom is -0.462 e. The van der Waals surface area contributed by atoms with Crippen molar-refractivity contribution in [3.63, 3.8) is 0 Å². The number of hydrogen-bond donors (Lipinski definition) is 2. The predicted octanol–water partition coefficient (Wildman–Crippen LogP) is 6.60. The molecule has 1 aliphatic heterocycles. The van der Waals surface area contributed by atoms with Crippen LogP contribution in [0.2, 0.25) is 0 Å². The summed E-state index contributed by atoms with van der Waals surface area (Å²) in [7, 11) is 0. The van der Waals surface area contributed by atoms with Crippen LogP contribution < -0.4 is 11.1 Å². The van der Waals surface area contributed by atoms with Crippen molar-refractivity contribution >= 4 is 34.5 Å². The number of esters is 2. The van der Waals surface area contributed by atoms with E-state index in [0.717, 1.165) is 57.8 Å². The van der Waals surface area contributed by atoms with Gasteiger partial charge in [-0.05, 0) is 60.8 Å². The first-order valence-electron chi connectivity index (χ1n) is 13.5. The van der Waals surface area contributed by atoms with Crippen LogP contribution in [-0.4, -0.2) is 44.2 Å². The normalized spacial score (nSPS) is 19.3. The van der Waals surface area contributed by atoms with E-state index in [1.807, 2.05) is 13.8 Å². The molecule has 0 aromatic carbocycles. The van der Waals surface area contributed by atoms with Gasteiger partial charge in [-0.2, -0.15) is 0 Å². The molecule has 0 bridgehead atoms. The molecule has 1 heterocycles. The number of carbonyl (C=O) groups excluding carboxylic acids is 2. The molecule has 3 N–H and O–H groups in total. The van der Waals surface area contributed by atoms with Crippen LogP contribution >= 0.6 is 22.6 Å². The molecule has 1 unspecified atom stereocenters. The van der Waals surface area contributed by atoms with Gasteiger partial charge in [0.1, 0.15) is 12.2 Å². The average Bonchev–Trinajstić information content (AvgIpc) is 2.58. The monoisotopic (exact) mass is 608 g/mol. The standard InChI is InChI=1S/C28H53IN2O4/c1-25(2,29)17-21(18-26(3,4)30)34-23(32)15-13-11-9-10-12-14-16-24(33)35-22-19-27(5,6)31-28(7,8)20-22/h21-22,31H,9-20,30H2,1-8H3. The predicted molar refractivity (Wildman–Crippen MR) is 153 cm³/mol. The molecule has 6 nitrogen and oxygen atoms in total. The molecule has 35 heavy (non-hydrogen) atoms. The molecule has 7 heteroatoms. The number of nitrogens with one attached hydrogen (secondary N) is 1. The number of unbranched alkanes of at least 4 members (excludes halogenated alkanes) is 5. The van der Waals surface area contributed by atoms with Crippen molar-refractivity contribution in [2.45, 2.75) is 165 Å². The van der Waals surface area contributed by atoms with Crippen LogP contribution in [0.4, 0.5) is 0 Å². The lowest BCUT2D eigenvalue weighted by Gasteiger charge is -2.45. The van der Waals surface area contributed by atoms with Gasteiger partial charge in [-0.1, -0.05) is 62.1 Å². The topological polar surface area (TPSA) is 90.7 Å². The maximum absolute atomic E-state index is 12.4. The van der Waals surface area contributed by atoms with E-state index >= 15 is 0 Å². The number of rotatable bonds is 15. The Morgan fingerprint density at radius 1 is 0.886 bits per heavy atom. The smallest absolute Gasteiger partial charge is 0.306 e. The van der Waals surface area contributed by atoms with Crippen LogP contribution in [0, 0.1) is 0 Å². The second-order valence-corrected chi connectivity index (χ2v) is 16.2. The fourth-order valence-electron chi connectivity index (χ4n) is 5.33. The van der Waals surface area contributed by atoms with E-state index in [1.54, 1.807) is 0 Å². The minimum absolute atomic E-state index is 0.00743. The van der Waals surface area contributed by atoms with Crippen LogP contribution in [-0.2, 0) is 19.1 Å². The highest BCUT2D eigenvalue weighted by Gasteiger charge is 2.39. The van der Waals surface area contributed by atoms with Gasteiger partial charge in [0.15, 0.2) is 0 Å². The third-order valence-corrected chi connectivity index (χ3v) is 6.67. The molecule has 206 valence electrons. The third kappa shape index (κ3) is 16.9. The second kappa shape index (κ2) is 13.9. The van der Waals surface area contributed by atoms with Crippen molar-refractivity contribution in [1.82, 2.24) is 5.32 Å². The molecular formula is C28H53IN2O4. The largest absolute Gasteiger partial charge is 0.462 e. The number of ether oxygens (including phenoxy) is 2. The first-order chi connectivity index (χ1) is 15.9. The van der Waals surface area contributed by atoms with Crippen molar-refractivity contribution in [3.05, 3.63) is 0 Å². The maximum Gasteiger partial charge on any atom is 0.306 e. The van der Waals surface area contributed by atoms with E-state index < -0.39 is 0 Å². The van der Waals surface area contributed by atoms with Gasteiger partial charge < -0.3 is 20.5 Å². The maximum atomic E-state index is 12.4. The number of nitrogens with two attached hydrogens (primary N) is 1. The summed E-state index contributed by atoms with van der Waals surface area (Å²) in [6, 6.07) is 0. The molecule has 0 aliphatic carbocycles. The Hall–Kier alpha value is -0.410. The molecule has 0 amide bonds. The van der Waals surface area contributed by atoms with E-state index in [1.165, 1.54) is 0 Å². The zero-order valence-corrected chi connectivity index (χ0v) is 25.9. The van der Waals surface area contributed by atoms with E-state index in [4.69, 9.17) is 15.2 Å². The molecule has 0 aromatic heterocycles. The molecule has 0 aromatic rings. The number of hydrogen-bond acceptors (Lipinski definition) is 6. The SMILES string of the molecule is CC(C)(N)CC(CC(C)(C)I)OC(=O)CCCCCCCCC(=O)OC1CC(C)(C)NC(C)(C)C1. The quantitative estimate of drug-likeness (QED) is 0.0942. The molecule has 1 rings (SSSR count). The summed E-state index contributed by atoms with van der Waals surface area (Å²) in [5, 5.41) is 3.62. The van der Waals surface area contributed by atoms with Crippen LogP contribution in [0.1, 0.15) is 132 Å². The number of carbonyl (C=O) groups is 2. The summed E-state index contributed by atoms with van der Waals surface area (Å²) in [5.41, 5.74) is 5.77. The second-order valence-electron chi connectivity index (χ2n) is 13.3. The Morgan fingerprint density at radius 3 is 1.80 bits per heavy atom. The van der Waals surface area contributed by atoms with Gasteiger partial charge in [0.25, 0.3) is 0 Å². The van der Waals surface area contributed by atoms with E-state index in [9.17, 15) is 9.59 Å². The zero-order chi connectivity index (χ0) is 26.9. The minimum atomic E-state index is -0.361. The van der Waals surface area contributed by atoms with Gasteiger partial charge in [0, 0.05) is 52.1 Å². The molecule has 0 saturated carbocycles. The molecule has 1 fully saturated rings.